The van der Waals surface area contributed by atoms with Crippen LogP contribution in [0.5, 0.6) is 5.75 Å². The minimum atomic E-state index is -0.208. The highest BCUT2D eigenvalue weighted by molar-refractivity contribution is 7.99. The zero-order chi connectivity index (χ0) is 18.4. The summed E-state index contributed by atoms with van der Waals surface area (Å²) in [6.45, 7) is 4.43. The van der Waals surface area contributed by atoms with E-state index < -0.39 is 0 Å². The van der Waals surface area contributed by atoms with Gasteiger partial charge in [0.05, 0.1) is 24.1 Å². The van der Waals surface area contributed by atoms with Gasteiger partial charge >= 0.3 is 0 Å². The molecule has 1 amide bonds. The van der Waals surface area contributed by atoms with E-state index in [0.29, 0.717) is 18.1 Å². The molecule has 136 valence electrons. The lowest BCUT2D eigenvalue weighted by atomic mass is 10.2. The Bertz CT molecular complexity index is 864. The molecule has 0 bridgehead atoms. The number of nitrogens with zero attached hydrogens (tertiary/aromatic N) is 1. The number of aromatic nitrogens is 1. The van der Waals surface area contributed by atoms with Crippen LogP contribution < -0.4 is 10.1 Å². The summed E-state index contributed by atoms with van der Waals surface area (Å²) in [6.07, 6.45) is 1.76. The van der Waals surface area contributed by atoms with Crippen LogP contribution in [0, 0.1) is 0 Å². The first-order valence-corrected chi connectivity index (χ1v) is 9.75. The highest BCUT2D eigenvalue weighted by Gasteiger charge is 2.16. The van der Waals surface area contributed by atoms with Gasteiger partial charge in [-0.1, -0.05) is 18.2 Å². The van der Waals surface area contributed by atoms with Crippen LogP contribution in [0.1, 0.15) is 31.3 Å². The van der Waals surface area contributed by atoms with E-state index in [9.17, 15) is 4.79 Å². The molecule has 1 aromatic carbocycles. The Hall–Kier alpha value is -2.47. The van der Waals surface area contributed by atoms with Crippen LogP contribution in [0.2, 0.25) is 0 Å². The predicted octanol–water partition coefficient (Wildman–Crippen LogP) is 4.34. The maximum Gasteiger partial charge on any atom is 0.230 e. The molecule has 6 heteroatoms. The standard InChI is InChI=1S/C20H22N2O3S/c1-3-24-17-9-6-7-15-11-18(25-20(15)17)14(2)22-19(23)13-26-12-16-8-4-5-10-21-16/h4-11,14H,3,12-13H2,1-2H3,(H,22,23). The van der Waals surface area contributed by atoms with Gasteiger partial charge in [-0.2, -0.15) is 0 Å². The molecule has 0 fully saturated rings. The number of amides is 1. The van der Waals surface area contributed by atoms with Crippen molar-refractivity contribution in [3.05, 3.63) is 60.1 Å². The Morgan fingerprint density at radius 3 is 2.96 bits per heavy atom. The number of pyridine rings is 1. The van der Waals surface area contributed by atoms with E-state index >= 15 is 0 Å². The lowest BCUT2D eigenvalue weighted by molar-refractivity contribution is -0.119. The Morgan fingerprint density at radius 1 is 1.31 bits per heavy atom. The Balaban J connectivity index is 1.57. The Kier molecular flexibility index (Phi) is 6.17. The van der Waals surface area contributed by atoms with Crippen LogP contribution in [0.3, 0.4) is 0 Å². The summed E-state index contributed by atoms with van der Waals surface area (Å²) >= 11 is 1.54. The van der Waals surface area contributed by atoms with Gasteiger partial charge in [0, 0.05) is 17.3 Å². The fourth-order valence-corrected chi connectivity index (χ4v) is 3.38. The second kappa shape index (κ2) is 8.76. The van der Waals surface area contributed by atoms with Crippen molar-refractivity contribution in [3.8, 4) is 5.75 Å². The number of thioether (sulfide) groups is 1. The van der Waals surface area contributed by atoms with Gasteiger partial charge in [-0.25, -0.2) is 0 Å². The number of ether oxygens (including phenoxy) is 1. The lowest BCUT2D eigenvalue weighted by Crippen LogP contribution is -2.28. The van der Waals surface area contributed by atoms with Crippen molar-refractivity contribution in [2.24, 2.45) is 0 Å². The van der Waals surface area contributed by atoms with Crippen LogP contribution in [0.4, 0.5) is 0 Å². The number of hydrogen-bond donors (Lipinski definition) is 1. The lowest BCUT2D eigenvalue weighted by Gasteiger charge is -2.11. The summed E-state index contributed by atoms with van der Waals surface area (Å²) in [5, 5.41) is 3.95. The first-order chi connectivity index (χ1) is 12.7. The number of hydrogen-bond acceptors (Lipinski definition) is 5. The molecule has 0 spiro atoms. The molecule has 0 aliphatic heterocycles. The van der Waals surface area contributed by atoms with Gasteiger partial charge in [0.2, 0.25) is 5.91 Å². The van der Waals surface area contributed by atoms with Gasteiger partial charge in [0.1, 0.15) is 5.76 Å². The van der Waals surface area contributed by atoms with Crippen molar-refractivity contribution >= 4 is 28.6 Å². The molecular formula is C20H22N2O3S. The Morgan fingerprint density at radius 2 is 2.19 bits per heavy atom. The second-order valence-electron chi connectivity index (χ2n) is 5.86. The molecule has 3 aromatic rings. The number of fused-ring (bicyclic) bond motifs is 1. The number of para-hydroxylation sites is 1. The number of carbonyl (C=O) groups is 1. The number of furan rings is 1. The average Bonchev–Trinajstić information content (AvgIpc) is 3.08. The van der Waals surface area contributed by atoms with E-state index in [1.54, 1.807) is 18.0 Å². The van der Waals surface area contributed by atoms with Gasteiger partial charge in [-0.3, -0.25) is 9.78 Å². The highest BCUT2D eigenvalue weighted by atomic mass is 32.2. The molecule has 2 heterocycles. The fraction of sp³-hybridized carbons (Fsp3) is 0.300. The summed E-state index contributed by atoms with van der Waals surface area (Å²) in [5.74, 6) is 2.51. The first kappa shape index (κ1) is 18.3. The molecule has 0 aliphatic rings. The molecule has 26 heavy (non-hydrogen) atoms. The van der Waals surface area contributed by atoms with Crippen molar-refractivity contribution in [2.75, 3.05) is 12.4 Å². The number of rotatable bonds is 8. The molecule has 3 rings (SSSR count). The number of benzene rings is 1. The van der Waals surface area contributed by atoms with Crippen molar-refractivity contribution in [2.45, 2.75) is 25.6 Å². The average molecular weight is 370 g/mol. The minimum absolute atomic E-state index is 0.0241. The van der Waals surface area contributed by atoms with Crippen LogP contribution in [0.15, 0.2) is 53.1 Å². The molecule has 0 saturated carbocycles. The zero-order valence-corrected chi connectivity index (χ0v) is 15.7. The van der Waals surface area contributed by atoms with Crippen LogP contribution in [0.25, 0.3) is 11.0 Å². The molecule has 5 nitrogen and oxygen atoms in total. The summed E-state index contributed by atoms with van der Waals surface area (Å²) in [7, 11) is 0. The summed E-state index contributed by atoms with van der Waals surface area (Å²) in [5.41, 5.74) is 1.69. The third-order valence-corrected chi connectivity index (χ3v) is 4.81. The van der Waals surface area contributed by atoms with E-state index in [2.05, 4.69) is 10.3 Å². The van der Waals surface area contributed by atoms with E-state index in [-0.39, 0.29) is 11.9 Å². The molecule has 1 N–H and O–H groups in total. The van der Waals surface area contributed by atoms with Crippen LogP contribution in [-0.4, -0.2) is 23.3 Å². The summed E-state index contributed by atoms with van der Waals surface area (Å²) < 4.78 is 11.5. The molecule has 2 aromatic heterocycles. The monoisotopic (exact) mass is 370 g/mol. The van der Waals surface area contributed by atoms with Crippen molar-refractivity contribution < 1.29 is 13.9 Å². The van der Waals surface area contributed by atoms with Gasteiger partial charge in [0.25, 0.3) is 0 Å². The van der Waals surface area contributed by atoms with E-state index in [0.717, 1.165) is 28.2 Å². The molecule has 0 saturated heterocycles. The maximum atomic E-state index is 12.2. The molecule has 1 unspecified atom stereocenters. The number of carbonyl (C=O) groups excluding carboxylic acids is 1. The van der Waals surface area contributed by atoms with E-state index in [1.807, 2.05) is 56.3 Å². The van der Waals surface area contributed by atoms with Crippen LogP contribution in [-0.2, 0) is 10.5 Å². The molecule has 0 radical (unpaired) electrons. The quantitative estimate of drug-likeness (QED) is 0.639. The predicted molar refractivity (Wildman–Crippen MR) is 104 cm³/mol. The SMILES string of the molecule is CCOc1cccc2cc(C(C)NC(=O)CSCc3ccccn3)oc12. The molecule has 1 atom stereocenters. The van der Waals surface area contributed by atoms with E-state index in [4.69, 9.17) is 9.15 Å². The third-order valence-electron chi connectivity index (χ3n) is 3.84. The zero-order valence-electron chi connectivity index (χ0n) is 14.9. The molecular weight excluding hydrogens is 348 g/mol. The number of nitrogens with one attached hydrogen (secondary N) is 1. The highest BCUT2D eigenvalue weighted by Crippen LogP contribution is 2.31. The third kappa shape index (κ3) is 4.58. The van der Waals surface area contributed by atoms with E-state index in [1.165, 1.54) is 0 Å². The van der Waals surface area contributed by atoms with Crippen LogP contribution >= 0.6 is 11.8 Å². The summed E-state index contributed by atoms with van der Waals surface area (Å²) in [6, 6.07) is 13.3. The summed E-state index contributed by atoms with van der Waals surface area (Å²) in [4.78, 5) is 16.4. The Labute approximate surface area is 157 Å². The van der Waals surface area contributed by atoms with Crippen molar-refractivity contribution in [1.82, 2.24) is 10.3 Å². The van der Waals surface area contributed by atoms with Gasteiger partial charge < -0.3 is 14.5 Å². The minimum Gasteiger partial charge on any atom is -0.490 e. The van der Waals surface area contributed by atoms with Crippen molar-refractivity contribution in [3.63, 3.8) is 0 Å². The largest absolute Gasteiger partial charge is 0.490 e. The normalized spacial score (nSPS) is 12.1. The fourth-order valence-electron chi connectivity index (χ4n) is 2.62. The second-order valence-corrected chi connectivity index (χ2v) is 6.84. The van der Waals surface area contributed by atoms with Gasteiger partial charge in [-0.15, -0.1) is 11.8 Å². The first-order valence-electron chi connectivity index (χ1n) is 8.59. The smallest absolute Gasteiger partial charge is 0.230 e. The van der Waals surface area contributed by atoms with Crippen molar-refractivity contribution in [1.29, 1.82) is 0 Å². The maximum absolute atomic E-state index is 12.2. The topological polar surface area (TPSA) is 64.4 Å². The van der Waals surface area contributed by atoms with Gasteiger partial charge in [-0.05, 0) is 38.1 Å². The molecule has 0 aliphatic carbocycles. The van der Waals surface area contributed by atoms with Gasteiger partial charge in [0.15, 0.2) is 11.3 Å².